The van der Waals surface area contributed by atoms with Crippen molar-refractivity contribution in [3.8, 4) is 6.07 Å². The van der Waals surface area contributed by atoms with Gasteiger partial charge in [-0.15, -0.1) is 0 Å². The maximum atomic E-state index is 8.73. The van der Waals surface area contributed by atoms with Gasteiger partial charge in [-0.1, -0.05) is 0 Å². The van der Waals surface area contributed by atoms with E-state index >= 15 is 0 Å². The average molecular weight is 283 g/mol. The molecule has 0 saturated heterocycles. The normalized spacial score (nSPS) is 11.9. The predicted molar refractivity (Wildman–Crippen MR) is 68.3 cm³/mol. The molecule has 3 nitrogen and oxygen atoms in total. The third-order valence-corrected chi connectivity index (χ3v) is 2.95. The number of halogens is 1. The molecule has 0 aliphatic carbocycles. The molecule has 1 aromatic carbocycles. The van der Waals surface area contributed by atoms with Gasteiger partial charge in [0.25, 0.3) is 0 Å². The number of hydrogen-bond acceptors (Lipinski definition) is 3. The molecule has 0 saturated carbocycles. The summed E-state index contributed by atoms with van der Waals surface area (Å²) in [6, 6.07) is 7.86. The highest BCUT2D eigenvalue weighted by molar-refractivity contribution is 9.10. The van der Waals surface area contributed by atoms with Gasteiger partial charge in [0, 0.05) is 22.8 Å². The maximum Gasteiger partial charge on any atom is 0.0992 e. The molecule has 16 heavy (non-hydrogen) atoms. The van der Waals surface area contributed by atoms with E-state index in [9.17, 15) is 0 Å². The van der Waals surface area contributed by atoms with Gasteiger partial charge in [0.1, 0.15) is 0 Å². The molecule has 0 amide bonds. The van der Waals surface area contributed by atoms with Gasteiger partial charge < -0.3 is 10.4 Å². The van der Waals surface area contributed by atoms with Crippen LogP contribution in [-0.4, -0.2) is 17.8 Å². The summed E-state index contributed by atoms with van der Waals surface area (Å²) in [5.41, 5.74) is 1.62. The summed E-state index contributed by atoms with van der Waals surface area (Å²) in [4.78, 5) is 0. The summed E-state index contributed by atoms with van der Waals surface area (Å²) in [7, 11) is 0. The molecule has 0 aliphatic rings. The topological polar surface area (TPSA) is 56.0 Å². The van der Waals surface area contributed by atoms with Crippen LogP contribution in [0.2, 0.25) is 0 Å². The van der Waals surface area contributed by atoms with Crippen LogP contribution in [0, 0.1) is 11.3 Å². The van der Waals surface area contributed by atoms with Gasteiger partial charge in [-0.3, -0.25) is 0 Å². The van der Waals surface area contributed by atoms with Crippen LogP contribution >= 0.6 is 15.9 Å². The summed E-state index contributed by atoms with van der Waals surface area (Å²) in [5, 5.41) is 20.8. The zero-order valence-electron chi connectivity index (χ0n) is 9.20. The van der Waals surface area contributed by atoms with Gasteiger partial charge in [0.05, 0.1) is 11.6 Å². The van der Waals surface area contributed by atoms with E-state index in [0.717, 1.165) is 23.0 Å². The Kier molecular flexibility index (Phi) is 5.30. The molecule has 0 heterocycles. The van der Waals surface area contributed by atoms with Crippen molar-refractivity contribution in [1.82, 2.24) is 0 Å². The molecule has 0 aromatic heterocycles. The number of hydrogen-bond donors (Lipinski definition) is 2. The van der Waals surface area contributed by atoms with Gasteiger partial charge in [-0.2, -0.15) is 5.26 Å². The summed E-state index contributed by atoms with van der Waals surface area (Å²) >= 11 is 3.42. The van der Waals surface area contributed by atoms with Gasteiger partial charge in [-0.25, -0.2) is 0 Å². The van der Waals surface area contributed by atoms with E-state index in [1.165, 1.54) is 0 Å². The van der Waals surface area contributed by atoms with Crippen molar-refractivity contribution in [2.45, 2.75) is 25.8 Å². The second kappa shape index (κ2) is 6.51. The van der Waals surface area contributed by atoms with Crippen LogP contribution in [-0.2, 0) is 0 Å². The minimum atomic E-state index is 0.223. The summed E-state index contributed by atoms with van der Waals surface area (Å²) in [6.45, 7) is 2.29. The van der Waals surface area contributed by atoms with Crippen molar-refractivity contribution < 1.29 is 5.11 Å². The van der Waals surface area contributed by atoms with Crippen molar-refractivity contribution in [1.29, 1.82) is 5.26 Å². The second-order valence-corrected chi connectivity index (χ2v) is 4.57. The number of aliphatic hydroxyl groups excluding tert-OH is 1. The lowest BCUT2D eigenvalue weighted by atomic mass is 10.1. The van der Waals surface area contributed by atoms with Crippen LogP contribution in [0.15, 0.2) is 22.7 Å². The van der Waals surface area contributed by atoms with Gasteiger partial charge >= 0.3 is 0 Å². The largest absolute Gasteiger partial charge is 0.396 e. The molecule has 0 spiro atoms. The Balaban J connectivity index is 2.64. The van der Waals surface area contributed by atoms with Crippen molar-refractivity contribution in [2.75, 3.05) is 11.9 Å². The zero-order valence-corrected chi connectivity index (χ0v) is 10.8. The molecule has 0 bridgehead atoms. The predicted octanol–water partition coefficient (Wildman–Crippen LogP) is 2.89. The molecule has 4 heteroatoms. The van der Waals surface area contributed by atoms with Gasteiger partial charge in [0.2, 0.25) is 0 Å². The third kappa shape index (κ3) is 3.84. The van der Waals surface area contributed by atoms with Crippen molar-refractivity contribution in [3.05, 3.63) is 28.2 Å². The number of anilines is 1. The van der Waals surface area contributed by atoms with E-state index in [0.29, 0.717) is 11.6 Å². The van der Waals surface area contributed by atoms with E-state index in [-0.39, 0.29) is 6.61 Å². The number of rotatable bonds is 5. The number of aliphatic hydroxyl groups is 1. The minimum absolute atomic E-state index is 0.223. The third-order valence-electron chi connectivity index (χ3n) is 2.30. The lowest BCUT2D eigenvalue weighted by molar-refractivity contribution is 0.282. The standard InChI is InChI=1S/C12H15BrN2O/c1-9(3-2-6-16)15-12-5-4-10(8-14)7-11(12)13/h4-5,7,9,15-16H,2-3,6H2,1H3. The number of nitrogens with one attached hydrogen (secondary N) is 1. The number of nitriles is 1. The number of benzene rings is 1. The highest BCUT2D eigenvalue weighted by Gasteiger charge is 2.05. The summed E-state index contributed by atoms with van der Waals surface area (Å²) in [6.07, 6.45) is 1.71. The monoisotopic (exact) mass is 282 g/mol. The number of nitrogens with zero attached hydrogens (tertiary/aromatic N) is 1. The Morgan fingerprint density at radius 2 is 2.31 bits per heavy atom. The molecule has 0 aliphatic heterocycles. The van der Waals surface area contributed by atoms with E-state index in [1.54, 1.807) is 12.1 Å². The van der Waals surface area contributed by atoms with Gasteiger partial charge in [-0.05, 0) is 53.9 Å². The van der Waals surface area contributed by atoms with Crippen molar-refractivity contribution in [3.63, 3.8) is 0 Å². The smallest absolute Gasteiger partial charge is 0.0992 e. The van der Waals surface area contributed by atoms with Crippen LogP contribution in [0.5, 0.6) is 0 Å². The van der Waals surface area contributed by atoms with Gasteiger partial charge in [0.15, 0.2) is 0 Å². The molecule has 1 unspecified atom stereocenters. The van der Waals surface area contributed by atoms with Crippen LogP contribution in [0.4, 0.5) is 5.69 Å². The summed E-state index contributed by atoms with van der Waals surface area (Å²) < 4.78 is 0.891. The lowest BCUT2D eigenvalue weighted by Gasteiger charge is -2.15. The fourth-order valence-corrected chi connectivity index (χ4v) is 1.93. The van der Waals surface area contributed by atoms with Crippen LogP contribution < -0.4 is 5.32 Å². The lowest BCUT2D eigenvalue weighted by Crippen LogP contribution is -2.15. The summed E-state index contributed by atoms with van der Waals surface area (Å²) in [5.74, 6) is 0. The molecular formula is C12H15BrN2O. The average Bonchev–Trinajstić information content (AvgIpc) is 2.29. The molecule has 1 rings (SSSR count). The van der Waals surface area contributed by atoms with Crippen LogP contribution in [0.3, 0.4) is 0 Å². The van der Waals surface area contributed by atoms with E-state index in [2.05, 4.69) is 34.2 Å². The first-order valence-corrected chi connectivity index (χ1v) is 6.03. The highest BCUT2D eigenvalue weighted by atomic mass is 79.9. The highest BCUT2D eigenvalue weighted by Crippen LogP contribution is 2.24. The SMILES string of the molecule is CC(CCCO)Nc1ccc(C#N)cc1Br. The molecule has 1 atom stereocenters. The molecule has 2 N–H and O–H groups in total. The Hall–Kier alpha value is -1.05. The zero-order chi connectivity index (χ0) is 12.0. The second-order valence-electron chi connectivity index (χ2n) is 3.72. The minimum Gasteiger partial charge on any atom is -0.396 e. The van der Waals surface area contributed by atoms with E-state index in [4.69, 9.17) is 10.4 Å². The Morgan fingerprint density at radius 3 is 2.88 bits per heavy atom. The Labute approximate surface area is 104 Å². The Bertz CT molecular complexity index is 387. The molecule has 0 fully saturated rings. The van der Waals surface area contributed by atoms with E-state index in [1.807, 2.05) is 6.07 Å². The molecule has 1 aromatic rings. The maximum absolute atomic E-state index is 8.73. The fraction of sp³-hybridized carbons (Fsp3) is 0.417. The Morgan fingerprint density at radius 1 is 1.56 bits per heavy atom. The first-order valence-electron chi connectivity index (χ1n) is 5.24. The molecule has 86 valence electrons. The molecule has 0 radical (unpaired) electrons. The van der Waals surface area contributed by atoms with Crippen LogP contribution in [0.1, 0.15) is 25.3 Å². The molecular weight excluding hydrogens is 268 g/mol. The van der Waals surface area contributed by atoms with Crippen molar-refractivity contribution in [2.24, 2.45) is 0 Å². The van der Waals surface area contributed by atoms with Crippen LogP contribution in [0.25, 0.3) is 0 Å². The fourth-order valence-electron chi connectivity index (χ4n) is 1.44. The quantitative estimate of drug-likeness (QED) is 0.873. The van der Waals surface area contributed by atoms with Crippen molar-refractivity contribution >= 4 is 21.6 Å². The first-order chi connectivity index (χ1) is 7.67. The first kappa shape index (κ1) is 13.0. The van der Waals surface area contributed by atoms with E-state index < -0.39 is 0 Å².